The third-order valence-corrected chi connectivity index (χ3v) is 4.31. The number of pyridine rings is 2. The lowest BCUT2D eigenvalue weighted by Gasteiger charge is -2.08. The van der Waals surface area contributed by atoms with Crippen LogP contribution in [0.5, 0.6) is 0 Å². The molecule has 0 saturated carbocycles. The van der Waals surface area contributed by atoms with E-state index in [1.807, 2.05) is 26.1 Å². The Hall–Kier alpha value is -2.68. The van der Waals surface area contributed by atoms with Crippen molar-refractivity contribution >= 4 is 22.1 Å². The minimum absolute atomic E-state index is 0.696. The van der Waals surface area contributed by atoms with Gasteiger partial charge in [-0.05, 0) is 62.6 Å². The van der Waals surface area contributed by atoms with Gasteiger partial charge in [0, 0.05) is 28.2 Å². The van der Waals surface area contributed by atoms with Crippen LogP contribution in [-0.2, 0) is 0 Å². The molecule has 3 nitrogen and oxygen atoms in total. The van der Waals surface area contributed by atoms with Crippen molar-refractivity contribution in [1.29, 1.82) is 0 Å². The molecule has 3 aromatic heterocycles. The normalized spacial score (nSPS) is 11.5. The van der Waals surface area contributed by atoms with Crippen molar-refractivity contribution in [1.82, 2.24) is 9.97 Å². The topological polar surface area (TPSA) is 38.9 Å². The predicted octanol–water partition coefficient (Wildman–Crippen LogP) is 5.28. The molecule has 0 fully saturated rings. The zero-order valence-corrected chi connectivity index (χ0v) is 13.8. The predicted molar refractivity (Wildman–Crippen MR) is 93.7 cm³/mol. The average Bonchev–Trinajstić information content (AvgIpc) is 2.87. The van der Waals surface area contributed by atoms with Crippen molar-refractivity contribution in [2.75, 3.05) is 0 Å². The molecule has 0 N–H and O–H groups in total. The van der Waals surface area contributed by atoms with E-state index < -0.39 is 0 Å². The fraction of sp³-hybridized carbons (Fsp3) is 0.200. The van der Waals surface area contributed by atoms with Gasteiger partial charge in [-0.1, -0.05) is 12.1 Å². The molecule has 0 bridgehead atoms. The second kappa shape index (κ2) is 4.92. The van der Waals surface area contributed by atoms with Crippen molar-refractivity contribution in [3.05, 3.63) is 58.9 Å². The Labute approximate surface area is 135 Å². The Morgan fingerprint density at radius 2 is 1.74 bits per heavy atom. The van der Waals surface area contributed by atoms with Gasteiger partial charge in [-0.25, -0.2) is 4.98 Å². The zero-order chi connectivity index (χ0) is 16.1. The van der Waals surface area contributed by atoms with E-state index in [1.165, 1.54) is 11.1 Å². The van der Waals surface area contributed by atoms with Gasteiger partial charge in [-0.3, -0.25) is 4.98 Å². The molecule has 3 heterocycles. The molecule has 0 unspecified atom stereocenters. The SMILES string of the molecule is Cc1ccc(-c2c(C)cc(C)c3c2oc2nc(C)ccc23)nc1. The van der Waals surface area contributed by atoms with E-state index in [0.29, 0.717) is 5.71 Å². The van der Waals surface area contributed by atoms with Crippen LogP contribution in [0, 0.1) is 27.7 Å². The summed E-state index contributed by atoms with van der Waals surface area (Å²) in [6.07, 6.45) is 1.89. The van der Waals surface area contributed by atoms with Crippen LogP contribution in [0.3, 0.4) is 0 Å². The Balaban J connectivity index is 2.15. The summed E-state index contributed by atoms with van der Waals surface area (Å²) in [5.74, 6) is 0. The first-order valence-electron chi connectivity index (χ1n) is 7.77. The minimum atomic E-state index is 0.696. The molecule has 4 aromatic rings. The monoisotopic (exact) mass is 302 g/mol. The standard InChI is InChI=1S/C20H18N2O/c1-11-5-8-16(21-10-11)18-13(3)9-12(2)17-15-7-6-14(4)22-20(15)23-19(17)18/h5-10H,1-4H3. The van der Waals surface area contributed by atoms with Crippen LogP contribution >= 0.6 is 0 Å². The Bertz CT molecular complexity index is 1040. The summed E-state index contributed by atoms with van der Waals surface area (Å²) in [4.78, 5) is 9.14. The number of benzene rings is 1. The number of aromatic nitrogens is 2. The van der Waals surface area contributed by atoms with E-state index in [9.17, 15) is 0 Å². The highest BCUT2D eigenvalue weighted by Gasteiger charge is 2.18. The van der Waals surface area contributed by atoms with Gasteiger partial charge >= 0.3 is 0 Å². The number of rotatable bonds is 1. The lowest BCUT2D eigenvalue weighted by Crippen LogP contribution is -1.90. The summed E-state index contributed by atoms with van der Waals surface area (Å²) in [6, 6.07) is 10.5. The molecule has 0 aliphatic carbocycles. The first kappa shape index (κ1) is 13.9. The molecular weight excluding hydrogens is 284 g/mol. The summed E-state index contributed by atoms with van der Waals surface area (Å²) in [5, 5.41) is 2.20. The molecule has 3 heteroatoms. The highest BCUT2D eigenvalue weighted by molar-refractivity contribution is 6.10. The van der Waals surface area contributed by atoms with Gasteiger partial charge < -0.3 is 4.42 Å². The molecule has 4 rings (SSSR count). The minimum Gasteiger partial charge on any atom is -0.437 e. The van der Waals surface area contributed by atoms with Gasteiger partial charge in [0.2, 0.25) is 5.71 Å². The maximum atomic E-state index is 6.16. The highest BCUT2D eigenvalue weighted by atomic mass is 16.3. The van der Waals surface area contributed by atoms with E-state index >= 15 is 0 Å². The van der Waals surface area contributed by atoms with Crippen molar-refractivity contribution in [3.8, 4) is 11.3 Å². The molecule has 1 aromatic carbocycles. The van der Waals surface area contributed by atoms with Gasteiger partial charge in [0.15, 0.2) is 0 Å². The van der Waals surface area contributed by atoms with Gasteiger partial charge in [-0.15, -0.1) is 0 Å². The first-order chi connectivity index (χ1) is 11.0. The first-order valence-corrected chi connectivity index (χ1v) is 7.77. The molecule has 0 spiro atoms. The summed E-state index contributed by atoms with van der Waals surface area (Å²) in [5.41, 5.74) is 8.06. The van der Waals surface area contributed by atoms with Gasteiger partial charge in [-0.2, -0.15) is 0 Å². The van der Waals surface area contributed by atoms with E-state index in [0.717, 1.165) is 38.9 Å². The van der Waals surface area contributed by atoms with E-state index in [2.05, 4.69) is 48.1 Å². The number of fused-ring (bicyclic) bond motifs is 3. The molecule has 0 aliphatic rings. The van der Waals surface area contributed by atoms with Gasteiger partial charge in [0.25, 0.3) is 0 Å². The van der Waals surface area contributed by atoms with Crippen LogP contribution in [0.1, 0.15) is 22.4 Å². The molecule has 114 valence electrons. The maximum Gasteiger partial charge on any atom is 0.227 e. The summed E-state index contributed by atoms with van der Waals surface area (Å²) >= 11 is 0. The van der Waals surface area contributed by atoms with E-state index in [4.69, 9.17) is 4.42 Å². The molecule has 0 atom stereocenters. The molecule has 0 saturated heterocycles. The van der Waals surface area contributed by atoms with E-state index in [1.54, 1.807) is 0 Å². The molecule has 0 radical (unpaired) electrons. The van der Waals surface area contributed by atoms with Crippen molar-refractivity contribution in [3.63, 3.8) is 0 Å². The molecule has 0 aliphatic heterocycles. The molecular formula is C20H18N2O. The van der Waals surface area contributed by atoms with Gasteiger partial charge in [0.1, 0.15) is 5.58 Å². The number of hydrogen-bond donors (Lipinski definition) is 0. The Morgan fingerprint density at radius 1 is 0.913 bits per heavy atom. The number of furan rings is 1. The maximum absolute atomic E-state index is 6.16. The fourth-order valence-electron chi connectivity index (χ4n) is 3.22. The number of hydrogen-bond acceptors (Lipinski definition) is 3. The van der Waals surface area contributed by atoms with Crippen LogP contribution in [0.4, 0.5) is 0 Å². The third-order valence-electron chi connectivity index (χ3n) is 4.31. The lowest BCUT2D eigenvalue weighted by molar-refractivity contribution is 0.653. The summed E-state index contributed by atoms with van der Waals surface area (Å²) < 4.78 is 6.16. The lowest BCUT2D eigenvalue weighted by atomic mass is 9.97. The summed E-state index contributed by atoms with van der Waals surface area (Å²) in [7, 11) is 0. The second-order valence-corrected chi connectivity index (χ2v) is 6.22. The van der Waals surface area contributed by atoms with Crippen LogP contribution < -0.4 is 0 Å². The molecule has 23 heavy (non-hydrogen) atoms. The van der Waals surface area contributed by atoms with Crippen LogP contribution in [-0.4, -0.2) is 9.97 Å². The zero-order valence-electron chi connectivity index (χ0n) is 13.8. The van der Waals surface area contributed by atoms with Crippen LogP contribution in [0.2, 0.25) is 0 Å². The van der Waals surface area contributed by atoms with Gasteiger partial charge in [0.05, 0.1) is 5.69 Å². The number of nitrogens with zero attached hydrogens (tertiary/aromatic N) is 2. The largest absolute Gasteiger partial charge is 0.437 e. The number of aryl methyl sites for hydroxylation is 4. The van der Waals surface area contributed by atoms with Crippen LogP contribution in [0.15, 0.2) is 40.9 Å². The smallest absolute Gasteiger partial charge is 0.227 e. The third kappa shape index (κ3) is 2.12. The fourth-order valence-corrected chi connectivity index (χ4v) is 3.22. The second-order valence-electron chi connectivity index (χ2n) is 6.22. The average molecular weight is 302 g/mol. The van der Waals surface area contributed by atoms with Crippen molar-refractivity contribution in [2.24, 2.45) is 0 Å². The molecule has 0 amide bonds. The van der Waals surface area contributed by atoms with Crippen LogP contribution in [0.25, 0.3) is 33.3 Å². The van der Waals surface area contributed by atoms with Crippen molar-refractivity contribution in [2.45, 2.75) is 27.7 Å². The summed E-state index contributed by atoms with van der Waals surface area (Å²) in [6.45, 7) is 8.25. The Morgan fingerprint density at radius 3 is 2.48 bits per heavy atom. The Kier molecular flexibility index (Phi) is 2.98. The van der Waals surface area contributed by atoms with E-state index in [-0.39, 0.29) is 0 Å². The highest BCUT2D eigenvalue weighted by Crippen LogP contribution is 2.38. The quantitative estimate of drug-likeness (QED) is 0.480. The van der Waals surface area contributed by atoms with Crippen molar-refractivity contribution < 1.29 is 4.42 Å².